The summed E-state index contributed by atoms with van der Waals surface area (Å²) in [7, 11) is 0. The van der Waals surface area contributed by atoms with Gasteiger partial charge in [-0.2, -0.15) is 0 Å². The number of rotatable bonds is 5. The number of piperidine rings is 1. The standard InChI is InChI=1S/C27H25N5O2/c1-2-22(33)32-19-11-8-18(16-19)24(32)27-30-23(25-26(28)29-14-15-31(25)27)17-9-12-21(13-10-17)34-20-6-4-3-5-7-20/h2-7,9-10,12-15,18-19,24H,1,8,11,16H2,(H2,28,29)/t18-,19?,24?/m0/s1. The summed E-state index contributed by atoms with van der Waals surface area (Å²) in [5.74, 6) is 3.09. The zero-order chi connectivity index (χ0) is 23.2. The number of fused-ring (bicyclic) bond motifs is 3. The van der Waals surface area contributed by atoms with Crippen LogP contribution in [0.25, 0.3) is 16.8 Å². The number of ether oxygens (including phenoxy) is 1. The normalized spacial score (nSPS) is 21.2. The van der Waals surface area contributed by atoms with Gasteiger partial charge < -0.3 is 15.4 Å². The number of nitrogens with zero attached hydrogens (tertiary/aromatic N) is 4. The molecule has 2 bridgehead atoms. The fourth-order valence-electron chi connectivity index (χ4n) is 5.55. The Labute approximate surface area is 197 Å². The van der Waals surface area contributed by atoms with E-state index >= 15 is 0 Å². The van der Waals surface area contributed by atoms with Crippen molar-refractivity contribution < 1.29 is 9.53 Å². The van der Waals surface area contributed by atoms with E-state index in [0.717, 1.165) is 53.4 Å². The van der Waals surface area contributed by atoms with Gasteiger partial charge in [0.25, 0.3) is 0 Å². The fourth-order valence-corrected chi connectivity index (χ4v) is 5.55. The van der Waals surface area contributed by atoms with Gasteiger partial charge in [0.05, 0.1) is 6.04 Å². The minimum absolute atomic E-state index is 0.0417. The maximum absolute atomic E-state index is 12.8. The number of carbonyl (C=O) groups is 1. The number of benzene rings is 2. The molecule has 0 radical (unpaired) electrons. The first-order valence-corrected chi connectivity index (χ1v) is 11.5. The lowest BCUT2D eigenvalue weighted by Crippen LogP contribution is -2.39. The molecule has 1 aliphatic carbocycles. The minimum atomic E-state index is -0.104. The van der Waals surface area contributed by atoms with Crippen molar-refractivity contribution in [3.05, 3.63) is 85.5 Å². The van der Waals surface area contributed by atoms with Crippen molar-refractivity contribution in [1.29, 1.82) is 0 Å². The fraction of sp³-hybridized carbons (Fsp3) is 0.222. The number of hydrogen-bond donors (Lipinski definition) is 1. The monoisotopic (exact) mass is 451 g/mol. The number of carbonyl (C=O) groups excluding carboxylic acids is 1. The first kappa shape index (κ1) is 20.5. The highest BCUT2D eigenvalue weighted by molar-refractivity contribution is 5.89. The molecule has 170 valence electrons. The molecule has 34 heavy (non-hydrogen) atoms. The first-order valence-electron chi connectivity index (χ1n) is 11.5. The van der Waals surface area contributed by atoms with Crippen molar-refractivity contribution in [3.63, 3.8) is 0 Å². The molecule has 6 rings (SSSR count). The van der Waals surface area contributed by atoms with E-state index in [1.54, 1.807) is 6.20 Å². The van der Waals surface area contributed by atoms with Crippen LogP contribution in [0.3, 0.4) is 0 Å². The van der Waals surface area contributed by atoms with Crippen LogP contribution in [0.5, 0.6) is 11.5 Å². The Kier molecular flexibility index (Phi) is 4.83. The van der Waals surface area contributed by atoms with E-state index in [0.29, 0.717) is 11.7 Å². The first-order chi connectivity index (χ1) is 16.6. The molecule has 3 atom stereocenters. The van der Waals surface area contributed by atoms with Crippen LogP contribution in [0.15, 0.2) is 79.6 Å². The lowest BCUT2D eigenvalue weighted by Gasteiger charge is -2.33. The Morgan fingerprint density at radius 3 is 2.62 bits per heavy atom. The van der Waals surface area contributed by atoms with E-state index in [4.69, 9.17) is 15.5 Å². The van der Waals surface area contributed by atoms with Crippen LogP contribution in [0.1, 0.15) is 31.1 Å². The smallest absolute Gasteiger partial charge is 0.246 e. The third-order valence-corrected chi connectivity index (χ3v) is 7.00. The highest BCUT2D eigenvalue weighted by Crippen LogP contribution is 2.50. The van der Waals surface area contributed by atoms with Gasteiger partial charge in [0.15, 0.2) is 0 Å². The average Bonchev–Trinajstić information content (AvgIpc) is 3.58. The van der Waals surface area contributed by atoms with Crippen molar-refractivity contribution in [2.75, 3.05) is 5.73 Å². The van der Waals surface area contributed by atoms with Crippen LogP contribution in [0, 0.1) is 5.92 Å². The van der Waals surface area contributed by atoms with Gasteiger partial charge >= 0.3 is 0 Å². The maximum Gasteiger partial charge on any atom is 0.246 e. The molecule has 2 aliphatic rings. The molecule has 2 fully saturated rings. The molecule has 2 aromatic heterocycles. The summed E-state index contributed by atoms with van der Waals surface area (Å²) in [4.78, 5) is 24.1. The zero-order valence-corrected chi connectivity index (χ0v) is 18.7. The van der Waals surface area contributed by atoms with Gasteiger partial charge in [0.2, 0.25) is 5.91 Å². The van der Waals surface area contributed by atoms with E-state index in [1.807, 2.05) is 70.1 Å². The third-order valence-electron chi connectivity index (χ3n) is 7.00. The molecule has 1 amide bonds. The molecule has 2 aromatic carbocycles. The number of imidazole rings is 1. The zero-order valence-electron chi connectivity index (χ0n) is 18.7. The molecular weight excluding hydrogens is 426 g/mol. The second-order valence-corrected chi connectivity index (χ2v) is 8.91. The van der Waals surface area contributed by atoms with Gasteiger partial charge in [0.1, 0.15) is 34.4 Å². The maximum atomic E-state index is 12.8. The van der Waals surface area contributed by atoms with Gasteiger partial charge in [-0.05, 0) is 67.7 Å². The predicted octanol–water partition coefficient (Wildman–Crippen LogP) is 5.01. The SMILES string of the molecule is C=CC(=O)N1C2CC[C@@H](C2)C1c1nc(-c2ccc(Oc3ccccc3)cc2)c2c(N)nccn12. The molecule has 7 heteroatoms. The quantitative estimate of drug-likeness (QED) is 0.431. The van der Waals surface area contributed by atoms with Gasteiger partial charge in [-0.15, -0.1) is 0 Å². The van der Waals surface area contributed by atoms with Crippen molar-refractivity contribution in [2.24, 2.45) is 5.92 Å². The lowest BCUT2D eigenvalue weighted by molar-refractivity contribution is -0.130. The molecule has 2 N–H and O–H groups in total. The summed E-state index contributed by atoms with van der Waals surface area (Å²) in [6, 6.07) is 17.6. The van der Waals surface area contributed by atoms with Crippen LogP contribution >= 0.6 is 0 Å². The van der Waals surface area contributed by atoms with E-state index < -0.39 is 0 Å². The number of hydrogen-bond acceptors (Lipinski definition) is 5. The number of amides is 1. The van der Waals surface area contributed by atoms with Gasteiger partial charge in [-0.3, -0.25) is 9.20 Å². The van der Waals surface area contributed by atoms with E-state index in [1.165, 1.54) is 6.08 Å². The van der Waals surface area contributed by atoms with Crippen LogP contribution in [-0.4, -0.2) is 31.2 Å². The Balaban J connectivity index is 1.42. The second-order valence-electron chi connectivity index (χ2n) is 8.91. The molecule has 7 nitrogen and oxygen atoms in total. The van der Waals surface area contributed by atoms with Crippen LogP contribution < -0.4 is 10.5 Å². The minimum Gasteiger partial charge on any atom is -0.457 e. The van der Waals surface area contributed by atoms with E-state index in [2.05, 4.69) is 11.6 Å². The number of likely N-dealkylation sites (tertiary alicyclic amines) is 1. The Morgan fingerprint density at radius 1 is 1.09 bits per heavy atom. The molecular formula is C27H25N5O2. The predicted molar refractivity (Wildman–Crippen MR) is 130 cm³/mol. The second kappa shape index (κ2) is 8.02. The molecule has 1 saturated carbocycles. The summed E-state index contributed by atoms with van der Waals surface area (Å²) in [5.41, 5.74) is 8.76. The van der Waals surface area contributed by atoms with Gasteiger partial charge in [0, 0.05) is 24.0 Å². The third kappa shape index (κ3) is 3.23. The molecule has 0 spiro atoms. The highest BCUT2D eigenvalue weighted by Gasteiger charge is 2.50. The van der Waals surface area contributed by atoms with Gasteiger partial charge in [-0.1, -0.05) is 24.8 Å². The Morgan fingerprint density at radius 2 is 1.85 bits per heavy atom. The Bertz CT molecular complexity index is 1380. The molecule has 3 heterocycles. The largest absolute Gasteiger partial charge is 0.457 e. The molecule has 1 aliphatic heterocycles. The number of nitrogens with two attached hydrogens (primary N) is 1. The summed E-state index contributed by atoms with van der Waals surface area (Å²) in [6.45, 7) is 3.72. The van der Waals surface area contributed by atoms with Crippen molar-refractivity contribution in [3.8, 4) is 22.8 Å². The van der Waals surface area contributed by atoms with Crippen molar-refractivity contribution in [2.45, 2.75) is 31.3 Å². The highest BCUT2D eigenvalue weighted by atomic mass is 16.5. The average molecular weight is 452 g/mol. The van der Waals surface area contributed by atoms with Crippen LogP contribution in [0.4, 0.5) is 5.82 Å². The number of aromatic nitrogens is 3. The number of anilines is 1. The molecule has 1 saturated heterocycles. The van der Waals surface area contributed by atoms with Crippen LogP contribution in [0.2, 0.25) is 0 Å². The van der Waals surface area contributed by atoms with Gasteiger partial charge in [-0.25, -0.2) is 9.97 Å². The Hall–Kier alpha value is -4.13. The summed E-state index contributed by atoms with van der Waals surface area (Å²) in [6.07, 6.45) is 8.09. The molecule has 2 unspecified atom stereocenters. The van der Waals surface area contributed by atoms with E-state index in [9.17, 15) is 4.79 Å². The number of para-hydroxylation sites is 1. The summed E-state index contributed by atoms with van der Waals surface area (Å²) < 4.78 is 7.94. The number of nitrogen functional groups attached to an aromatic ring is 1. The van der Waals surface area contributed by atoms with Crippen LogP contribution in [-0.2, 0) is 4.79 Å². The summed E-state index contributed by atoms with van der Waals surface area (Å²) in [5, 5.41) is 0. The van der Waals surface area contributed by atoms with Crippen molar-refractivity contribution >= 4 is 17.2 Å². The van der Waals surface area contributed by atoms with E-state index in [-0.39, 0.29) is 18.0 Å². The molecule has 4 aromatic rings. The topological polar surface area (TPSA) is 85.8 Å². The lowest BCUT2D eigenvalue weighted by atomic mass is 9.97. The van der Waals surface area contributed by atoms with Crippen molar-refractivity contribution in [1.82, 2.24) is 19.3 Å². The summed E-state index contributed by atoms with van der Waals surface area (Å²) >= 11 is 0.